The molecule has 2 aromatic rings. The number of ether oxygens (including phenoxy) is 1. The van der Waals surface area contributed by atoms with Gasteiger partial charge in [-0.3, -0.25) is 9.59 Å². The van der Waals surface area contributed by atoms with E-state index in [0.717, 1.165) is 5.56 Å². The van der Waals surface area contributed by atoms with E-state index in [-0.39, 0.29) is 28.4 Å². The second kappa shape index (κ2) is 7.21. The Morgan fingerprint density at radius 2 is 1.96 bits per heavy atom. The molecule has 0 radical (unpaired) electrons. The number of amides is 2. The fourth-order valence-corrected chi connectivity index (χ4v) is 4.45. The van der Waals surface area contributed by atoms with Crippen LogP contribution in [0.1, 0.15) is 22.3 Å². The summed E-state index contributed by atoms with van der Waals surface area (Å²) in [5, 5.41) is 2.84. The van der Waals surface area contributed by atoms with Gasteiger partial charge in [-0.25, -0.2) is 12.7 Å². The van der Waals surface area contributed by atoms with E-state index in [1.165, 1.54) is 25.3 Å². The van der Waals surface area contributed by atoms with Gasteiger partial charge < -0.3 is 10.1 Å². The number of anilines is 2. The highest BCUT2D eigenvalue weighted by atomic mass is 35.5. The summed E-state index contributed by atoms with van der Waals surface area (Å²) in [4.78, 5) is 24.7. The van der Waals surface area contributed by atoms with Crippen LogP contribution in [0, 0.1) is 6.92 Å². The van der Waals surface area contributed by atoms with Gasteiger partial charge in [0.2, 0.25) is 15.9 Å². The number of halogens is 1. The minimum absolute atomic E-state index is 0.0487. The average molecular weight is 409 g/mol. The highest BCUT2D eigenvalue weighted by Crippen LogP contribution is 2.31. The monoisotopic (exact) mass is 408 g/mol. The number of rotatable bonds is 4. The summed E-state index contributed by atoms with van der Waals surface area (Å²) in [7, 11) is -2.25. The molecule has 0 unspecified atom stereocenters. The second-order valence-corrected chi connectivity index (χ2v) is 8.39. The minimum Gasteiger partial charge on any atom is -0.495 e. The van der Waals surface area contributed by atoms with Gasteiger partial charge in [0.1, 0.15) is 5.75 Å². The lowest BCUT2D eigenvalue weighted by molar-refractivity contribution is -0.116. The number of nitrogens with one attached hydrogen (secondary N) is 1. The molecule has 1 fully saturated rings. The molecular weight excluding hydrogens is 392 g/mol. The Kier molecular flexibility index (Phi) is 5.12. The van der Waals surface area contributed by atoms with Crippen molar-refractivity contribution in [1.82, 2.24) is 0 Å². The van der Waals surface area contributed by atoms with E-state index < -0.39 is 21.8 Å². The zero-order valence-corrected chi connectivity index (χ0v) is 16.2. The Labute approximate surface area is 161 Å². The first-order valence-corrected chi connectivity index (χ1v) is 10.0. The lowest BCUT2D eigenvalue weighted by atomic mass is 10.1. The Balaban J connectivity index is 1.97. The first kappa shape index (κ1) is 19.2. The van der Waals surface area contributed by atoms with Crippen molar-refractivity contribution in [3.8, 4) is 5.75 Å². The van der Waals surface area contributed by atoms with Crippen LogP contribution in [0.15, 0.2) is 36.4 Å². The summed E-state index contributed by atoms with van der Waals surface area (Å²) in [5.41, 5.74) is 1.50. The van der Waals surface area contributed by atoms with Gasteiger partial charge in [0, 0.05) is 6.42 Å². The molecular formula is C18H17ClN2O5S. The molecule has 1 heterocycles. The van der Waals surface area contributed by atoms with Crippen LogP contribution in [0.5, 0.6) is 5.75 Å². The number of carbonyl (C=O) groups excluding carboxylic acids is 2. The van der Waals surface area contributed by atoms with Gasteiger partial charge in [-0.15, -0.1) is 0 Å². The molecule has 1 N–H and O–H groups in total. The molecule has 0 aromatic heterocycles. The summed E-state index contributed by atoms with van der Waals surface area (Å²) < 4.78 is 30.2. The molecule has 1 saturated heterocycles. The van der Waals surface area contributed by atoms with Crippen molar-refractivity contribution in [2.45, 2.75) is 13.3 Å². The number of nitrogens with zero attached hydrogens (tertiary/aromatic N) is 1. The third kappa shape index (κ3) is 3.77. The smallest absolute Gasteiger partial charge is 0.257 e. The van der Waals surface area contributed by atoms with E-state index in [4.69, 9.17) is 16.3 Å². The van der Waals surface area contributed by atoms with Gasteiger partial charge in [0.15, 0.2) is 0 Å². The molecule has 9 heteroatoms. The molecule has 2 aromatic carbocycles. The fourth-order valence-electron chi connectivity index (χ4n) is 2.79. The van der Waals surface area contributed by atoms with E-state index >= 15 is 0 Å². The molecule has 0 bridgehead atoms. The molecule has 0 spiro atoms. The van der Waals surface area contributed by atoms with E-state index in [2.05, 4.69) is 5.32 Å². The van der Waals surface area contributed by atoms with Crippen LogP contribution in [-0.2, 0) is 14.8 Å². The maximum absolute atomic E-state index is 12.7. The van der Waals surface area contributed by atoms with Crippen molar-refractivity contribution in [1.29, 1.82) is 0 Å². The third-order valence-corrected chi connectivity index (χ3v) is 6.13. The van der Waals surface area contributed by atoms with Crippen LogP contribution in [0.25, 0.3) is 0 Å². The van der Waals surface area contributed by atoms with Crippen LogP contribution in [0.2, 0.25) is 5.02 Å². The van der Waals surface area contributed by atoms with Gasteiger partial charge in [-0.1, -0.05) is 17.7 Å². The summed E-state index contributed by atoms with van der Waals surface area (Å²) in [6.07, 6.45) is -0.0903. The predicted molar refractivity (Wildman–Crippen MR) is 103 cm³/mol. The summed E-state index contributed by atoms with van der Waals surface area (Å²) in [5.74, 6) is -0.867. The second-order valence-electron chi connectivity index (χ2n) is 6.05. The maximum Gasteiger partial charge on any atom is 0.257 e. The van der Waals surface area contributed by atoms with Gasteiger partial charge in [-0.05, 0) is 42.8 Å². The summed E-state index contributed by atoms with van der Waals surface area (Å²) >= 11 is 6.13. The van der Waals surface area contributed by atoms with E-state index in [9.17, 15) is 18.0 Å². The zero-order chi connectivity index (χ0) is 19.8. The summed E-state index contributed by atoms with van der Waals surface area (Å²) in [6.45, 7) is 1.87. The zero-order valence-electron chi connectivity index (χ0n) is 14.7. The topological polar surface area (TPSA) is 92.8 Å². The number of sulfonamides is 1. The fraction of sp³-hybridized carbons (Fsp3) is 0.222. The molecule has 1 aliphatic heterocycles. The predicted octanol–water partition coefficient (Wildman–Crippen LogP) is 2.98. The number of methoxy groups -OCH3 is 1. The molecule has 0 aliphatic carbocycles. The quantitative estimate of drug-likeness (QED) is 0.839. The standard InChI is InChI=1S/C18H17ClN2O5S/c1-11-3-6-16(26-2)15(9-11)20-18(23)13-10-12(4-5-14(13)19)21-17(22)7-8-27(21,24)25/h3-6,9-10H,7-8H2,1-2H3,(H,20,23). The molecule has 27 heavy (non-hydrogen) atoms. The van der Waals surface area contributed by atoms with Crippen molar-refractivity contribution < 1.29 is 22.7 Å². The molecule has 7 nitrogen and oxygen atoms in total. The maximum atomic E-state index is 12.7. The first-order chi connectivity index (χ1) is 12.7. The largest absolute Gasteiger partial charge is 0.495 e. The minimum atomic E-state index is -3.73. The number of aryl methyl sites for hydroxylation is 1. The third-order valence-electron chi connectivity index (χ3n) is 4.11. The number of hydrogen-bond acceptors (Lipinski definition) is 5. The number of carbonyl (C=O) groups is 2. The first-order valence-electron chi connectivity index (χ1n) is 8.04. The SMILES string of the molecule is COc1ccc(C)cc1NC(=O)c1cc(N2C(=O)CCS2(=O)=O)ccc1Cl. The van der Waals surface area contributed by atoms with Crippen LogP contribution in [0.4, 0.5) is 11.4 Å². The number of hydrogen-bond donors (Lipinski definition) is 1. The highest BCUT2D eigenvalue weighted by Gasteiger charge is 2.36. The van der Waals surface area contributed by atoms with Crippen LogP contribution < -0.4 is 14.4 Å². The van der Waals surface area contributed by atoms with Crippen molar-refractivity contribution in [2.24, 2.45) is 0 Å². The van der Waals surface area contributed by atoms with Crippen LogP contribution in [-0.4, -0.2) is 33.1 Å². The molecule has 1 aliphatic rings. The van der Waals surface area contributed by atoms with Crippen molar-refractivity contribution in [3.05, 3.63) is 52.5 Å². The van der Waals surface area contributed by atoms with Gasteiger partial charge >= 0.3 is 0 Å². The Hall–Kier alpha value is -2.58. The van der Waals surface area contributed by atoms with E-state index in [0.29, 0.717) is 15.7 Å². The van der Waals surface area contributed by atoms with E-state index in [1.807, 2.05) is 13.0 Å². The number of benzene rings is 2. The molecule has 142 valence electrons. The van der Waals surface area contributed by atoms with Crippen LogP contribution in [0.3, 0.4) is 0 Å². The Bertz CT molecular complexity index is 1040. The lowest BCUT2D eigenvalue weighted by Crippen LogP contribution is -2.29. The van der Waals surface area contributed by atoms with Gasteiger partial charge in [0.25, 0.3) is 5.91 Å². The Morgan fingerprint density at radius 1 is 1.22 bits per heavy atom. The van der Waals surface area contributed by atoms with E-state index in [1.54, 1.807) is 12.1 Å². The Morgan fingerprint density at radius 3 is 2.59 bits per heavy atom. The average Bonchev–Trinajstić information content (AvgIpc) is 2.88. The highest BCUT2D eigenvalue weighted by molar-refractivity contribution is 7.94. The summed E-state index contributed by atoms with van der Waals surface area (Å²) in [6, 6.07) is 9.38. The normalized spacial score (nSPS) is 15.7. The van der Waals surface area contributed by atoms with Crippen LogP contribution >= 0.6 is 11.6 Å². The molecule has 2 amide bonds. The lowest BCUT2D eigenvalue weighted by Gasteiger charge is -2.17. The molecule has 0 saturated carbocycles. The van der Waals surface area contributed by atoms with Crippen molar-refractivity contribution in [2.75, 3.05) is 22.5 Å². The van der Waals surface area contributed by atoms with Gasteiger partial charge in [-0.2, -0.15) is 0 Å². The molecule has 3 rings (SSSR count). The van der Waals surface area contributed by atoms with Crippen molar-refractivity contribution in [3.63, 3.8) is 0 Å². The molecule has 0 atom stereocenters. The van der Waals surface area contributed by atoms with Gasteiger partial charge in [0.05, 0.1) is 34.8 Å². The van der Waals surface area contributed by atoms with Crippen molar-refractivity contribution >= 4 is 44.8 Å².